The molecular formula is C34H46N3O5S2Si+. The molecule has 3 saturated heterocycles. The molecule has 0 radical (unpaired) electrons. The molecule has 0 aliphatic carbocycles. The van der Waals surface area contributed by atoms with E-state index in [1.165, 1.54) is 0 Å². The molecule has 5 heterocycles. The molecule has 1 amide bonds. The number of piperidine rings is 1. The van der Waals surface area contributed by atoms with Crippen LogP contribution in [0.3, 0.4) is 0 Å². The van der Waals surface area contributed by atoms with Crippen LogP contribution in [0.5, 0.6) is 0 Å². The SMILES string of the molecule is CC(C)(C)[Si](C)(C)OC(C(=O)OC1CC2C3OC3C(C1)[N+]2(C)CCNC(=O)c1ccc(CN)cc1)(c1cccs1)c1cccs1. The van der Waals surface area contributed by atoms with Crippen LogP contribution in [0.25, 0.3) is 0 Å². The number of ether oxygens (including phenoxy) is 2. The number of likely N-dealkylation sites (N-methyl/N-ethyl adjacent to an activating group) is 1. The normalized spacial score (nSPS) is 27.6. The number of nitrogens with one attached hydrogen (secondary N) is 1. The third-order valence-electron chi connectivity index (χ3n) is 10.7. The number of hydrogen-bond acceptors (Lipinski definition) is 8. The summed E-state index contributed by atoms with van der Waals surface area (Å²) in [7, 11) is -0.156. The molecular weight excluding hydrogens is 623 g/mol. The molecule has 3 fully saturated rings. The number of carbonyl (C=O) groups excluding carboxylic acids is 2. The second kappa shape index (κ2) is 12.0. The maximum Gasteiger partial charge on any atom is 0.348 e. The van der Waals surface area contributed by atoms with Gasteiger partial charge in [-0.1, -0.05) is 45.0 Å². The number of quaternary nitrogens is 1. The summed E-state index contributed by atoms with van der Waals surface area (Å²) < 4.78 is 20.6. The molecule has 8 nitrogen and oxygen atoms in total. The van der Waals surface area contributed by atoms with E-state index in [1.807, 2.05) is 59.3 Å². The van der Waals surface area contributed by atoms with E-state index >= 15 is 0 Å². The van der Waals surface area contributed by atoms with Crippen molar-refractivity contribution in [2.75, 3.05) is 20.1 Å². The first-order chi connectivity index (χ1) is 21.3. The second-order valence-electron chi connectivity index (χ2n) is 14.4. The van der Waals surface area contributed by atoms with Crippen LogP contribution in [0, 0.1) is 0 Å². The quantitative estimate of drug-likeness (QED) is 0.119. The third kappa shape index (κ3) is 5.86. The summed E-state index contributed by atoms with van der Waals surface area (Å²) in [5.74, 6) is -0.400. The summed E-state index contributed by atoms with van der Waals surface area (Å²) >= 11 is 3.08. The molecule has 242 valence electrons. The van der Waals surface area contributed by atoms with E-state index in [-0.39, 0.29) is 47.3 Å². The summed E-state index contributed by atoms with van der Waals surface area (Å²) in [6.07, 6.45) is 1.56. The lowest BCUT2D eigenvalue weighted by molar-refractivity contribution is -0.955. The van der Waals surface area contributed by atoms with Gasteiger partial charge in [-0.3, -0.25) is 4.79 Å². The fraction of sp³-hybridized carbons (Fsp3) is 0.529. The van der Waals surface area contributed by atoms with Crippen LogP contribution in [0.4, 0.5) is 0 Å². The van der Waals surface area contributed by atoms with Gasteiger partial charge in [0.25, 0.3) is 5.91 Å². The lowest BCUT2D eigenvalue weighted by Gasteiger charge is -2.49. The Hall–Kier alpha value is -2.38. The van der Waals surface area contributed by atoms with E-state index in [9.17, 15) is 9.59 Å². The average molecular weight is 669 g/mol. The predicted molar refractivity (Wildman–Crippen MR) is 181 cm³/mol. The van der Waals surface area contributed by atoms with Gasteiger partial charge in [-0.25, -0.2) is 4.79 Å². The Balaban J connectivity index is 1.18. The standard InChI is InChI=1S/C34H45N3O5S2Si/c1-33(2,3)45(5,6)42-34(27-9-7-17-43-27,28-10-8-18-44-28)32(39)40-24-19-25-29-30(41-29)26(20-24)37(25,4)16-15-36-31(38)23-13-11-22(21-35)12-14-23/h7-14,17-18,24-26,29-30H,15-16,19-21,35H2,1-6H3/p+1. The third-order valence-corrected chi connectivity index (χ3v) is 17.1. The topological polar surface area (TPSA) is 103 Å². The number of nitrogens with zero attached hydrogens (tertiary/aromatic N) is 1. The van der Waals surface area contributed by atoms with Crippen molar-refractivity contribution in [3.05, 3.63) is 80.2 Å². The van der Waals surface area contributed by atoms with Crippen LogP contribution in [0.1, 0.15) is 59.3 Å². The van der Waals surface area contributed by atoms with E-state index < -0.39 is 13.9 Å². The molecule has 3 aromatic rings. The molecule has 3 aliphatic heterocycles. The molecule has 11 heteroatoms. The maximum atomic E-state index is 14.6. The largest absolute Gasteiger partial charge is 0.459 e. The highest BCUT2D eigenvalue weighted by atomic mass is 32.1. The summed E-state index contributed by atoms with van der Waals surface area (Å²) in [4.78, 5) is 29.2. The first-order valence-electron chi connectivity index (χ1n) is 15.9. The fourth-order valence-electron chi connectivity index (χ4n) is 6.98. The zero-order valence-corrected chi connectivity index (χ0v) is 29.7. The highest BCUT2D eigenvalue weighted by Crippen LogP contribution is 2.53. The Morgan fingerprint density at radius 2 is 1.58 bits per heavy atom. The Labute approximate surface area is 275 Å². The van der Waals surface area contributed by atoms with Gasteiger partial charge >= 0.3 is 5.97 Å². The molecule has 4 unspecified atom stereocenters. The van der Waals surface area contributed by atoms with Crippen LogP contribution < -0.4 is 11.1 Å². The minimum absolute atomic E-state index is 0.0806. The average Bonchev–Trinajstić information content (AvgIpc) is 3.29. The predicted octanol–water partition coefficient (Wildman–Crippen LogP) is 5.63. The van der Waals surface area contributed by atoms with Crippen LogP contribution in [-0.2, 0) is 30.8 Å². The highest BCUT2D eigenvalue weighted by molar-refractivity contribution is 7.12. The Morgan fingerprint density at radius 1 is 1.00 bits per heavy atom. The number of thiophene rings is 2. The van der Waals surface area contributed by atoms with E-state index in [0.717, 1.165) is 39.2 Å². The Kier molecular flexibility index (Phi) is 8.69. The first-order valence-corrected chi connectivity index (χ1v) is 20.5. The number of carbonyl (C=O) groups is 2. The monoisotopic (exact) mass is 668 g/mol. The molecule has 0 spiro atoms. The van der Waals surface area contributed by atoms with Crippen LogP contribution in [0.2, 0.25) is 18.1 Å². The highest BCUT2D eigenvalue weighted by Gasteiger charge is 2.72. The smallest absolute Gasteiger partial charge is 0.348 e. The van der Waals surface area contributed by atoms with Gasteiger partial charge in [0.1, 0.15) is 30.4 Å². The van der Waals surface area contributed by atoms with E-state index in [0.29, 0.717) is 18.7 Å². The number of epoxide rings is 1. The molecule has 1 aromatic carbocycles. The van der Waals surface area contributed by atoms with Gasteiger partial charge in [0.2, 0.25) is 5.60 Å². The summed E-state index contributed by atoms with van der Waals surface area (Å²) in [5.41, 5.74) is 6.03. The number of benzene rings is 1. The molecule has 2 bridgehead atoms. The summed E-state index contributed by atoms with van der Waals surface area (Å²) in [6, 6.07) is 15.8. The zero-order valence-electron chi connectivity index (χ0n) is 27.1. The van der Waals surface area contributed by atoms with E-state index in [4.69, 9.17) is 19.6 Å². The minimum Gasteiger partial charge on any atom is -0.459 e. The van der Waals surface area contributed by atoms with Gasteiger partial charge in [-0.15, -0.1) is 22.7 Å². The van der Waals surface area contributed by atoms with Gasteiger partial charge < -0.3 is 29.4 Å². The van der Waals surface area contributed by atoms with Gasteiger partial charge in [0.05, 0.1) is 29.9 Å². The van der Waals surface area contributed by atoms with Crippen molar-refractivity contribution < 1.29 is 28.0 Å². The van der Waals surface area contributed by atoms with Crippen molar-refractivity contribution in [1.29, 1.82) is 0 Å². The second-order valence-corrected chi connectivity index (χ2v) is 21.0. The number of esters is 1. The van der Waals surface area contributed by atoms with Crippen molar-refractivity contribution in [3.63, 3.8) is 0 Å². The summed E-state index contributed by atoms with van der Waals surface area (Å²) in [6.45, 7) is 12.8. The van der Waals surface area contributed by atoms with Crippen molar-refractivity contribution in [3.8, 4) is 0 Å². The Bertz CT molecular complexity index is 1450. The van der Waals surface area contributed by atoms with E-state index in [1.54, 1.807) is 22.7 Å². The number of morpholine rings is 1. The molecule has 3 N–H and O–H groups in total. The van der Waals surface area contributed by atoms with Gasteiger partial charge in [0.15, 0.2) is 8.32 Å². The molecule has 45 heavy (non-hydrogen) atoms. The van der Waals surface area contributed by atoms with Crippen molar-refractivity contribution in [1.82, 2.24) is 5.32 Å². The maximum absolute atomic E-state index is 14.6. The number of rotatable bonds is 11. The van der Waals surface area contributed by atoms with Gasteiger partial charge in [0, 0.05) is 24.9 Å². The van der Waals surface area contributed by atoms with Crippen LogP contribution in [-0.4, -0.2) is 75.2 Å². The molecule has 6 rings (SSSR count). The fourth-order valence-corrected chi connectivity index (χ4v) is 10.3. The number of nitrogens with two attached hydrogens (primary N) is 1. The van der Waals surface area contributed by atoms with Crippen LogP contribution >= 0.6 is 22.7 Å². The molecule has 4 atom stereocenters. The lowest BCUT2D eigenvalue weighted by Crippen LogP contribution is -2.64. The van der Waals surface area contributed by atoms with Crippen molar-refractivity contribution >= 4 is 42.9 Å². The van der Waals surface area contributed by atoms with Gasteiger partial charge in [-0.05, 0) is 58.7 Å². The number of amides is 1. The first kappa shape index (κ1) is 32.6. The molecule has 0 saturated carbocycles. The van der Waals surface area contributed by atoms with Crippen molar-refractivity contribution in [2.45, 2.75) is 94.3 Å². The van der Waals surface area contributed by atoms with Crippen molar-refractivity contribution in [2.24, 2.45) is 5.73 Å². The Morgan fingerprint density at radius 3 is 2.07 bits per heavy atom. The van der Waals surface area contributed by atoms with Gasteiger partial charge in [-0.2, -0.15) is 0 Å². The number of hydrogen-bond donors (Lipinski definition) is 2. The summed E-state index contributed by atoms with van der Waals surface area (Å²) in [5, 5.41) is 7.02. The number of fused-ring (bicyclic) bond motifs is 5. The van der Waals surface area contributed by atoms with Crippen LogP contribution in [0.15, 0.2) is 59.3 Å². The zero-order chi connectivity index (χ0) is 32.2. The minimum atomic E-state index is -2.43. The molecule has 3 aliphatic rings. The van der Waals surface area contributed by atoms with E-state index in [2.05, 4.69) is 46.2 Å². The molecule has 2 aromatic heterocycles. The lowest BCUT2D eigenvalue weighted by atomic mass is 9.94.